The van der Waals surface area contributed by atoms with Crippen molar-refractivity contribution >= 4 is 17.2 Å². The van der Waals surface area contributed by atoms with Crippen LogP contribution in [0.15, 0.2) is 30.8 Å². The zero-order chi connectivity index (χ0) is 11.5. The number of nitriles is 1. The molecule has 0 bridgehead atoms. The molecule has 2 heteroatoms. The summed E-state index contributed by atoms with van der Waals surface area (Å²) in [5.74, 6) is 0. The standard InChI is InChI=1S/C13H14ClN/c1-10(8-13(2,3)9-15)11-4-6-12(14)7-5-11/h4-7H,1,8H2,2-3H3. The Morgan fingerprint density at radius 2 is 1.93 bits per heavy atom. The van der Waals surface area contributed by atoms with Crippen LogP contribution in [-0.4, -0.2) is 0 Å². The highest BCUT2D eigenvalue weighted by atomic mass is 35.5. The minimum atomic E-state index is -0.364. The summed E-state index contributed by atoms with van der Waals surface area (Å²) >= 11 is 5.79. The van der Waals surface area contributed by atoms with Gasteiger partial charge in [-0.2, -0.15) is 5.26 Å². The third kappa shape index (κ3) is 3.42. The lowest BCUT2D eigenvalue weighted by atomic mass is 9.85. The minimum Gasteiger partial charge on any atom is -0.198 e. The molecule has 0 fully saturated rings. The Morgan fingerprint density at radius 3 is 2.40 bits per heavy atom. The summed E-state index contributed by atoms with van der Waals surface area (Å²) in [5.41, 5.74) is 1.65. The van der Waals surface area contributed by atoms with Crippen LogP contribution in [0.25, 0.3) is 5.57 Å². The van der Waals surface area contributed by atoms with E-state index < -0.39 is 0 Å². The van der Waals surface area contributed by atoms with E-state index in [1.165, 1.54) is 0 Å². The van der Waals surface area contributed by atoms with E-state index in [0.29, 0.717) is 11.4 Å². The highest BCUT2D eigenvalue weighted by molar-refractivity contribution is 6.30. The van der Waals surface area contributed by atoms with Crippen molar-refractivity contribution in [2.75, 3.05) is 0 Å². The lowest BCUT2D eigenvalue weighted by Gasteiger charge is -2.16. The average molecular weight is 220 g/mol. The third-order valence-electron chi connectivity index (χ3n) is 2.21. The van der Waals surface area contributed by atoms with Gasteiger partial charge in [-0.1, -0.05) is 30.3 Å². The number of hydrogen-bond donors (Lipinski definition) is 0. The molecule has 15 heavy (non-hydrogen) atoms. The molecule has 1 aromatic rings. The number of hydrogen-bond acceptors (Lipinski definition) is 1. The zero-order valence-corrected chi connectivity index (χ0v) is 9.80. The van der Waals surface area contributed by atoms with Crippen LogP contribution in [0.3, 0.4) is 0 Å². The molecule has 0 atom stereocenters. The highest BCUT2D eigenvalue weighted by Crippen LogP contribution is 2.29. The van der Waals surface area contributed by atoms with E-state index in [1.54, 1.807) is 0 Å². The molecule has 0 N–H and O–H groups in total. The van der Waals surface area contributed by atoms with E-state index in [2.05, 4.69) is 12.6 Å². The fraction of sp³-hybridized carbons (Fsp3) is 0.308. The lowest BCUT2D eigenvalue weighted by molar-refractivity contribution is 0.513. The summed E-state index contributed by atoms with van der Waals surface area (Å²) in [4.78, 5) is 0. The number of halogens is 1. The molecule has 0 saturated carbocycles. The van der Waals surface area contributed by atoms with E-state index >= 15 is 0 Å². The van der Waals surface area contributed by atoms with Crippen LogP contribution in [0.4, 0.5) is 0 Å². The van der Waals surface area contributed by atoms with Crippen molar-refractivity contribution in [2.45, 2.75) is 20.3 Å². The summed E-state index contributed by atoms with van der Waals surface area (Å²) in [6.07, 6.45) is 0.672. The van der Waals surface area contributed by atoms with Crippen LogP contribution >= 0.6 is 11.6 Å². The highest BCUT2D eigenvalue weighted by Gasteiger charge is 2.18. The van der Waals surface area contributed by atoms with Gasteiger partial charge in [0.25, 0.3) is 0 Å². The monoisotopic (exact) mass is 219 g/mol. The molecular formula is C13H14ClN. The number of nitrogens with zero attached hydrogens (tertiary/aromatic N) is 1. The van der Waals surface area contributed by atoms with Crippen molar-refractivity contribution < 1.29 is 0 Å². The lowest BCUT2D eigenvalue weighted by Crippen LogP contribution is -2.08. The van der Waals surface area contributed by atoms with Crippen molar-refractivity contribution in [1.82, 2.24) is 0 Å². The van der Waals surface area contributed by atoms with Crippen molar-refractivity contribution in [2.24, 2.45) is 5.41 Å². The van der Waals surface area contributed by atoms with Gasteiger partial charge in [0.15, 0.2) is 0 Å². The zero-order valence-electron chi connectivity index (χ0n) is 9.05. The Bertz CT molecular complexity index is 396. The van der Waals surface area contributed by atoms with Crippen LogP contribution in [-0.2, 0) is 0 Å². The summed E-state index contributed by atoms with van der Waals surface area (Å²) in [5, 5.41) is 9.64. The van der Waals surface area contributed by atoms with Gasteiger partial charge in [-0.25, -0.2) is 0 Å². The van der Waals surface area contributed by atoms with Crippen molar-refractivity contribution in [1.29, 1.82) is 5.26 Å². The molecule has 0 aliphatic carbocycles. The first-order valence-electron chi connectivity index (χ1n) is 4.79. The summed E-state index contributed by atoms with van der Waals surface area (Å²) in [6.45, 7) is 7.82. The Kier molecular flexibility index (Phi) is 3.55. The predicted octanol–water partition coefficient (Wildman–Crippen LogP) is 4.29. The summed E-state index contributed by atoms with van der Waals surface area (Å²) in [7, 11) is 0. The molecule has 0 radical (unpaired) electrons. The maximum Gasteiger partial charge on any atom is 0.0687 e. The largest absolute Gasteiger partial charge is 0.198 e. The van der Waals surface area contributed by atoms with Crippen molar-refractivity contribution in [3.63, 3.8) is 0 Å². The Labute approximate surface area is 96.0 Å². The quantitative estimate of drug-likeness (QED) is 0.744. The van der Waals surface area contributed by atoms with Gasteiger partial charge in [-0.3, -0.25) is 0 Å². The molecular weight excluding hydrogens is 206 g/mol. The van der Waals surface area contributed by atoms with Gasteiger partial charge in [-0.15, -0.1) is 0 Å². The summed E-state index contributed by atoms with van der Waals surface area (Å²) < 4.78 is 0. The van der Waals surface area contributed by atoms with E-state index in [9.17, 15) is 0 Å². The Balaban J connectivity index is 2.79. The molecule has 0 saturated heterocycles. The van der Waals surface area contributed by atoms with Gasteiger partial charge < -0.3 is 0 Å². The smallest absolute Gasteiger partial charge is 0.0687 e. The first-order chi connectivity index (χ1) is 6.94. The molecule has 0 heterocycles. The molecule has 0 unspecified atom stereocenters. The van der Waals surface area contributed by atoms with Gasteiger partial charge in [0, 0.05) is 5.02 Å². The maximum atomic E-state index is 8.92. The second-order valence-electron chi connectivity index (χ2n) is 4.28. The molecule has 0 amide bonds. The maximum absolute atomic E-state index is 8.92. The van der Waals surface area contributed by atoms with Gasteiger partial charge in [0.05, 0.1) is 11.5 Å². The van der Waals surface area contributed by atoms with Crippen molar-refractivity contribution in [3.05, 3.63) is 41.4 Å². The number of allylic oxidation sites excluding steroid dienone is 1. The van der Waals surface area contributed by atoms with Gasteiger partial charge in [0.1, 0.15) is 0 Å². The summed E-state index contributed by atoms with van der Waals surface area (Å²) in [6, 6.07) is 9.79. The molecule has 1 nitrogen and oxygen atoms in total. The van der Waals surface area contributed by atoms with E-state index in [0.717, 1.165) is 11.1 Å². The fourth-order valence-corrected chi connectivity index (χ4v) is 1.49. The normalized spacial score (nSPS) is 10.8. The predicted molar refractivity (Wildman–Crippen MR) is 64.5 cm³/mol. The minimum absolute atomic E-state index is 0.364. The number of benzene rings is 1. The van der Waals surface area contributed by atoms with Crippen molar-refractivity contribution in [3.8, 4) is 6.07 Å². The SMILES string of the molecule is C=C(CC(C)(C)C#N)c1ccc(Cl)cc1. The average Bonchev–Trinajstić information content (AvgIpc) is 2.18. The topological polar surface area (TPSA) is 23.8 Å². The van der Waals surface area contributed by atoms with E-state index in [-0.39, 0.29) is 5.41 Å². The van der Waals surface area contributed by atoms with Crippen LogP contribution in [0.2, 0.25) is 5.02 Å². The Morgan fingerprint density at radius 1 is 1.40 bits per heavy atom. The van der Waals surface area contributed by atoms with Crippen LogP contribution in [0.5, 0.6) is 0 Å². The third-order valence-corrected chi connectivity index (χ3v) is 2.46. The molecule has 0 spiro atoms. The first kappa shape index (κ1) is 11.8. The number of rotatable bonds is 3. The second-order valence-corrected chi connectivity index (χ2v) is 4.72. The van der Waals surface area contributed by atoms with Gasteiger partial charge in [0.2, 0.25) is 0 Å². The first-order valence-corrected chi connectivity index (χ1v) is 5.17. The fourth-order valence-electron chi connectivity index (χ4n) is 1.36. The van der Waals surface area contributed by atoms with Gasteiger partial charge in [-0.05, 0) is 43.5 Å². The van der Waals surface area contributed by atoms with E-state index in [4.69, 9.17) is 16.9 Å². The van der Waals surface area contributed by atoms with Crippen LogP contribution in [0.1, 0.15) is 25.8 Å². The van der Waals surface area contributed by atoms with Gasteiger partial charge >= 0.3 is 0 Å². The molecule has 1 aromatic carbocycles. The molecule has 78 valence electrons. The van der Waals surface area contributed by atoms with Crippen LogP contribution in [0, 0.1) is 16.7 Å². The Hall–Kier alpha value is -1.26. The molecule has 0 aliphatic heterocycles. The molecule has 0 aromatic heterocycles. The molecule has 1 rings (SSSR count). The second kappa shape index (κ2) is 4.51. The van der Waals surface area contributed by atoms with Crippen LogP contribution < -0.4 is 0 Å². The molecule has 0 aliphatic rings. The van der Waals surface area contributed by atoms with E-state index in [1.807, 2.05) is 38.1 Å².